The molecule has 4 heterocycles. The molecule has 35 heavy (non-hydrogen) atoms. The number of aromatic nitrogens is 5. The minimum atomic E-state index is 0.0328. The maximum atomic E-state index is 12.8. The Bertz CT molecular complexity index is 1320. The van der Waals surface area contributed by atoms with E-state index < -0.39 is 0 Å². The summed E-state index contributed by atoms with van der Waals surface area (Å²) in [6, 6.07) is 14.0. The summed E-state index contributed by atoms with van der Waals surface area (Å²) in [5.41, 5.74) is 4.57. The van der Waals surface area contributed by atoms with Gasteiger partial charge in [-0.2, -0.15) is 0 Å². The van der Waals surface area contributed by atoms with Gasteiger partial charge in [-0.3, -0.25) is 4.79 Å². The lowest BCUT2D eigenvalue weighted by Gasteiger charge is -2.34. The van der Waals surface area contributed by atoms with Crippen molar-refractivity contribution in [1.29, 1.82) is 0 Å². The van der Waals surface area contributed by atoms with E-state index in [1.807, 2.05) is 46.0 Å². The van der Waals surface area contributed by atoms with Gasteiger partial charge in [0.05, 0.1) is 11.1 Å². The van der Waals surface area contributed by atoms with Crippen LogP contribution >= 0.6 is 0 Å². The molecule has 1 amide bonds. The quantitative estimate of drug-likeness (QED) is 0.455. The maximum absolute atomic E-state index is 12.8. The summed E-state index contributed by atoms with van der Waals surface area (Å²) in [6.07, 6.45) is 3.41. The molecule has 9 nitrogen and oxygen atoms in total. The van der Waals surface area contributed by atoms with Crippen molar-refractivity contribution in [1.82, 2.24) is 34.8 Å². The van der Waals surface area contributed by atoms with Crippen LogP contribution in [0.15, 0.2) is 54.9 Å². The number of benzene rings is 1. The molecule has 0 radical (unpaired) electrons. The van der Waals surface area contributed by atoms with Crippen LogP contribution in [0.5, 0.6) is 0 Å². The number of likely N-dealkylation sites (N-methyl/N-ethyl adjacent to an activating group) is 1. The van der Waals surface area contributed by atoms with Gasteiger partial charge in [0.25, 0.3) is 5.91 Å². The predicted molar refractivity (Wildman–Crippen MR) is 137 cm³/mol. The first-order valence-electron chi connectivity index (χ1n) is 12.1. The highest BCUT2D eigenvalue weighted by molar-refractivity contribution is 5.94. The Kier molecular flexibility index (Phi) is 6.41. The Morgan fingerprint density at radius 3 is 2.49 bits per heavy atom. The summed E-state index contributed by atoms with van der Waals surface area (Å²) in [7, 11) is 0. The van der Waals surface area contributed by atoms with Gasteiger partial charge in [0.2, 0.25) is 0 Å². The van der Waals surface area contributed by atoms with Crippen molar-refractivity contribution in [2.45, 2.75) is 26.8 Å². The molecule has 0 aliphatic carbocycles. The zero-order valence-electron chi connectivity index (χ0n) is 20.3. The van der Waals surface area contributed by atoms with Crippen LogP contribution in [0, 0.1) is 0 Å². The number of rotatable bonds is 6. The van der Waals surface area contributed by atoms with Crippen molar-refractivity contribution in [2.75, 3.05) is 38.0 Å². The summed E-state index contributed by atoms with van der Waals surface area (Å²) in [5, 5.41) is 11.8. The minimum absolute atomic E-state index is 0.0328. The molecule has 1 fully saturated rings. The number of hydrogen-bond acceptors (Lipinski definition) is 7. The van der Waals surface area contributed by atoms with Gasteiger partial charge in [0.15, 0.2) is 0 Å². The normalized spacial score (nSPS) is 14.6. The zero-order chi connectivity index (χ0) is 24.4. The van der Waals surface area contributed by atoms with Gasteiger partial charge < -0.3 is 15.1 Å². The van der Waals surface area contributed by atoms with E-state index in [0.29, 0.717) is 17.2 Å². The van der Waals surface area contributed by atoms with Crippen LogP contribution in [-0.4, -0.2) is 73.4 Å². The molecule has 1 aromatic carbocycles. The van der Waals surface area contributed by atoms with Crippen molar-refractivity contribution in [3.8, 4) is 11.1 Å². The smallest absolute Gasteiger partial charge is 0.255 e. The molecule has 0 unspecified atom stereocenters. The van der Waals surface area contributed by atoms with Crippen molar-refractivity contribution in [3.63, 3.8) is 0 Å². The highest BCUT2D eigenvalue weighted by Gasteiger charge is 2.21. The van der Waals surface area contributed by atoms with Crippen molar-refractivity contribution >= 4 is 28.6 Å². The molecular formula is C26H30N8O. The first-order valence-corrected chi connectivity index (χ1v) is 12.1. The Balaban J connectivity index is 1.30. The van der Waals surface area contributed by atoms with Crippen LogP contribution in [0.25, 0.3) is 22.2 Å². The van der Waals surface area contributed by atoms with Crippen LogP contribution in [0.4, 0.5) is 11.6 Å². The van der Waals surface area contributed by atoms with Gasteiger partial charge in [0, 0.05) is 44.6 Å². The molecule has 1 N–H and O–H groups in total. The highest BCUT2D eigenvalue weighted by Crippen LogP contribution is 2.26. The van der Waals surface area contributed by atoms with Crippen molar-refractivity contribution in [2.24, 2.45) is 0 Å². The van der Waals surface area contributed by atoms with Crippen molar-refractivity contribution < 1.29 is 4.79 Å². The monoisotopic (exact) mass is 470 g/mol. The second-order valence-corrected chi connectivity index (χ2v) is 9.04. The average molecular weight is 471 g/mol. The van der Waals surface area contributed by atoms with Gasteiger partial charge in [-0.05, 0) is 67.9 Å². The summed E-state index contributed by atoms with van der Waals surface area (Å²) >= 11 is 0. The third-order valence-corrected chi connectivity index (χ3v) is 6.43. The number of hydrogen-bond donors (Lipinski definition) is 1. The summed E-state index contributed by atoms with van der Waals surface area (Å²) in [5.74, 6) is 1.35. The Morgan fingerprint density at radius 2 is 1.77 bits per heavy atom. The fourth-order valence-corrected chi connectivity index (χ4v) is 4.35. The number of amides is 1. The lowest BCUT2D eigenvalue weighted by atomic mass is 10.1. The molecule has 0 bridgehead atoms. The number of nitrogens with zero attached hydrogens (tertiary/aromatic N) is 7. The van der Waals surface area contributed by atoms with E-state index in [1.165, 1.54) is 0 Å². The van der Waals surface area contributed by atoms with E-state index in [1.54, 1.807) is 12.4 Å². The molecule has 3 aromatic heterocycles. The van der Waals surface area contributed by atoms with Gasteiger partial charge in [-0.15, -0.1) is 5.10 Å². The lowest BCUT2D eigenvalue weighted by molar-refractivity contribution is 0.0643. The van der Waals surface area contributed by atoms with E-state index in [0.717, 1.165) is 54.9 Å². The molecule has 0 saturated carbocycles. The number of anilines is 2. The van der Waals surface area contributed by atoms with Gasteiger partial charge in [0.1, 0.15) is 17.2 Å². The van der Waals surface area contributed by atoms with E-state index in [4.69, 9.17) is 0 Å². The molecule has 180 valence electrons. The minimum Gasteiger partial charge on any atom is -0.336 e. The first-order chi connectivity index (χ1) is 17.0. The third kappa shape index (κ3) is 4.85. The van der Waals surface area contributed by atoms with Crippen LogP contribution in [-0.2, 0) is 0 Å². The van der Waals surface area contributed by atoms with E-state index >= 15 is 0 Å². The van der Waals surface area contributed by atoms with Crippen LogP contribution in [0.1, 0.15) is 37.2 Å². The van der Waals surface area contributed by atoms with E-state index in [-0.39, 0.29) is 11.9 Å². The summed E-state index contributed by atoms with van der Waals surface area (Å²) < 4.78 is 1.93. The lowest BCUT2D eigenvalue weighted by Crippen LogP contribution is -2.48. The third-order valence-electron chi connectivity index (χ3n) is 6.43. The fourth-order valence-electron chi connectivity index (χ4n) is 4.35. The number of carbonyl (C=O) groups excluding carboxylic acids is 1. The second-order valence-electron chi connectivity index (χ2n) is 9.04. The van der Waals surface area contributed by atoms with Gasteiger partial charge in [-0.25, -0.2) is 14.6 Å². The highest BCUT2D eigenvalue weighted by atomic mass is 16.2. The first kappa shape index (κ1) is 22.9. The zero-order valence-corrected chi connectivity index (χ0v) is 20.3. The van der Waals surface area contributed by atoms with Crippen LogP contribution < -0.4 is 5.32 Å². The van der Waals surface area contributed by atoms with Gasteiger partial charge >= 0.3 is 0 Å². The molecule has 1 saturated heterocycles. The van der Waals surface area contributed by atoms with E-state index in [2.05, 4.69) is 57.3 Å². The molecule has 5 rings (SSSR count). The topological polar surface area (TPSA) is 92.1 Å². The molecule has 0 spiro atoms. The average Bonchev–Trinajstić information content (AvgIpc) is 3.33. The number of nitrogens with one attached hydrogen (secondary N) is 1. The van der Waals surface area contributed by atoms with Crippen LogP contribution in [0.2, 0.25) is 0 Å². The fraction of sp³-hybridized carbons (Fsp3) is 0.346. The molecule has 1 aliphatic heterocycles. The van der Waals surface area contributed by atoms with Crippen molar-refractivity contribution in [3.05, 3.63) is 60.4 Å². The predicted octanol–water partition coefficient (Wildman–Crippen LogP) is 3.99. The SMILES string of the molecule is CCN1CCN(C(=O)c2ccc(Nc3cc(-c4ccc5nnn(C(C)C)c5c4)ccn3)nc2)CC1. The number of carbonyl (C=O) groups is 1. The Morgan fingerprint density at radius 1 is 0.971 bits per heavy atom. The van der Waals surface area contributed by atoms with E-state index in [9.17, 15) is 4.79 Å². The molecule has 4 aromatic rings. The second kappa shape index (κ2) is 9.79. The van der Waals surface area contributed by atoms with Crippen LogP contribution in [0.3, 0.4) is 0 Å². The molecule has 9 heteroatoms. The number of piperazine rings is 1. The van der Waals surface area contributed by atoms with Gasteiger partial charge in [-0.1, -0.05) is 18.2 Å². The molecule has 0 atom stereocenters. The Labute approximate surface area is 204 Å². The number of fused-ring (bicyclic) bond motifs is 1. The largest absolute Gasteiger partial charge is 0.336 e. The Hall–Kier alpha value is -3.85. The molecular weight excluding hydrogens is 440 g/mol. The summed E-state index contributed by atoms with van der Waals surface area (Å²) in [6.45, 7) is 10.7. The molecule has 1 aliphatic rings. The number of pyridine rings is 2. The summed E-state index contributed by atoms with van der Waals surface area (Å²) in [4.78, 5) is 26.0. The maximum Gasteiger partial charge on any atom is 0.255 e. The standard InChI is InChI=1S/C26H30N8O/c1-4-32-11-13-33(14-12-32)26(35)21-6-8-24(28-17-21)29-25-16-20(9-10-27-25)19-5-7-22-23(15-19)34(18(2)3)31-30-22/h5-10,15-18H,4,11-14H2,1-3H3,(H,27,28,29).